The quantitative estimate of drug-likeness (QED) is 0.912. The summed E-state index contributed by atoms with van der Waals surface area (Å²) >= 11 is 0. The Kier molecular flexibility index (Phi) is 4.29. The van der Waals surface area contributed by atoms with Gasteiger partial charge in [-0.05, 0) is 54.8 Å². The molecule has 112 valence electrons. The maximum Gasteiger partial charge on any atom is 0.262 e. The highest BCUT2D eigenvalue weighted by Crippen LogP contribution is 2.22. The molecule has 0 aliphatic carbocycles. The lowest BCUT2D eigenvalue weighted by Gasteiger charge is -2.13. The van der Waals surface area contributed by atoms with Crippen molar-refractivity contribution in [2.24, 2.45) is 5.73 Å². The second kappa shape index (κ2) is 5.83. The van der Waals surface area contributed by atoms with Crippen molar-refractivity contribution in [2.45, 2.75) is 25.3 Å². The maximum absolute atomic E-state index is 13.4. The lowest BCUT2D eigenvalue weighted by atomic mass is 10.1. The zero-order chi connectivity index (χ0) is 15.6. The molecule has 0 fully saturated rings. The van der Waals surface area contributed by atoms with Gasteiger partial charge in [-0.1, -0.05) is 12.1 Å². The number of rotatable bonds is 4. The van der Waals surface area contributed by atoms with Crippen LogP contribution < -0.4 is 10.5 Å². The summed E-state index contributed by atoms with van der Waals surface area (Å²) in [6.07, 6.45) is 0. The largest absolute Gasteiger partial charge is 0.326 e. The lowest BCUT2D eigenvalue weighted by molar-refractivity contribution is 0.600. The van der Waals surface area contributed by atoms with E-state index in [1.54, 1.807) is 32.0 Å². The Morgan fingerprint density at radius 1 is 1.19 bits per heavy atom. The van der Waals surface area contributed by atoms with E-state index in [0.29, 0.717) is 11.1 Å². The number of halogens is 1. The smallest absolute Gasteiger partial charge is 0.262 e. The standard InChI is InChI=1S/C15H17FN2O2S/c1-10-6-13(16)8-14(7-10)18-21(19,20)15-5-3-4-12(9-17)11(15)2/h3-8,18H,9,17H2,1-2H3. The van der Waals surface area contributed by atoms with Crippen LogP contribution in [0.4, 0.5) is 10.1 Å². The molecule has 2 rings (SSSR count). The van der Waals surface area contributed by atoms with Crippen LogP contribution in [0.2, 0.25) is 0 Å². The minimum Gasteiger partial charge on any atom is -0.326 e. The molecule has 0 amide bonds. The van der Waals surface area contributed by atoms with Crippen LogP contribution in [0.15, 0.2) is 41.3 Å². The first-order chi connectivity index (χ1) is 9.83. The Labute approximate surface area is 123 Å². The summed E-state index contributed by atoms with van der Waals surface area (Å²) in [5, 5.41) is 0. The van der Waals surface area contributed by atoms with E-state index in [0.717, 1.165) is 11.6 Å². The SMILES string of the molecule is Cc1cc(F)cc(NS(=O)(=O)c2cccc(CN)c2C)c1. The molecule has 0 unspecified atom stereocenters. The Hall–Kier alpha value is -1.92. The van der Waals surface area contributed by atoms with Crippen LogP contribution in [0.25, 0.3) is 0 Å². The molecule has 0 saturated heterocycles. The molecule has 6 heteroatoms. The number of hydrogen-bond donors (Lipinski definition) is 2. The molecule has 21 heavy (non-hydrogen) atoms. The Balaban J connectivity index is 2.43. The van der Waals surface area contributed by atoms with Gasteiger partial charge in [-0.15, -0.1) is 0 Å². The van der Waals surface area contributed by atoms with Crippen LogP contribution in [-0.2, 0) is 16.6 Å². The number of sulfonamides is 1. The van der Waals surface area contributed by atoms with Crippen molar-refractivity contribution in [2.75, 3.05) is 4.72 Å². The van der Waals surface area contributed by atoms with E-state index in [-0.39, 0.29) is 17.1 Å². The van der Waals surface area contributed by atoms with Crippen LogP contribution >= 0.6 is 0 Å². The van der Waals surface area contributed by atoms with Crippen molar-refractivity contribution in [3.05, 3.63) is 58.9 Å². The molecule has 0 bridgehead atoms. The first kappa shape index (κ1) is 15.5. The fraction of sp³-hybridized carbons (Fsp3) is 0.200. The first-order valence-corrected chi connectivity index (χ1v) is 7.90. The number of benzene rings is 2. The molecule has 0 radical (unpaired) electrons. The summed E-state index contributed by atoms with van der Waals surface area (Å²) in [5.74, 6) is -0.486. The van der Waals surface area contributed by atoms with Gasteiger partial charge in [-0.2, -0.15) is 0 Å². The molecule has 0 spiro atoms. The van der Waals surface area contributed by atoms with Gasteiger partial charge in [0.05, 0.1) is 10.6 Å². The van der Waals surface area contributed by atoms with Gasteiger partial charge in [-0.25, -0.2) is 12.8 Å². The number of anilines is 1. The first-order valence-electron chi connectivity index (χ1n) is 6.42. The molecule has 0 aliphatic heterocycles. The third kappa shape index (κ3) is 3.40. The molecule has 0 aromatic heterocycles. The molecule has 0 atom stereocenters. The highest BCUT2D eigenvalue weighted by molar-refractivity contribution is 7.92. The second-order valence-electron chi connectivity index (χ2n) is 4.87. The Morgan fingerprint density at radius 2 is 1.90 bits per heavy atom. The maximum atomic E-state index is 13.4. The number of hydrogen-bond acceptors (Lipinski definition) is 3. The summed E-state index contributed by atoms with van der Waals surface area (Å²) in [4.78, 5) is 0.146. The highest BCUT2D eigenvalue weighted by atomic mass is 32.2. The van der Waals surface area contributed by atoms with Gasteiger partial charge in [0.15, 0.2) is 0 Å². The molecule has 2 aromatic rings. The van der Waals surface area contributed by atoms with E-state index < -0.39 is 15.8 Å². The van der Waals surface area contributed by atoms with Crippen molar-refractivity contribution in [1.82, 2.24) is 0 Å². The fourth-order valence-corrected chi connectivity index (χ4v) is 3.51. The van der Waals surface area contributed by atoms with Crippen molar-refractivity contribution in [1.29, 1.82) is 0 Å². The van der Waals surface area contributed by atoms with E-state index in [1.165, 1.54) is 12.1 Å². The van der Waals surface area contributed by atoms with Crippen LogP contribution in [0.1, 0.15) is 16.7 Å². The summed E-state index contributed by atoms with van der Waals surface area (Å²) < 4.78 is 40.6. The van der Waals surface area contributed by atoms with Gasteiger partial charge in [-0.3, -0.25) is 4.72 Å². The molecule has 0 heterocycles. The Bertz CT molecular complexity index is 753. The van der Waals surface area contributed by atoms with Gasteiger partial charge >= 0.3 is 0 Å². The summed E-state index contributed by atoms with van der Waals surface area (Å²) in [5.41, 5.74) is 7.78. The van der Waals surface area contributed by atoms with Crippen LogP contribution in [0.3, 0.4) is 0 Å². The molecular formula is C15H17FN2O2S. The summed E-state index contributed by atoms with van der Waals surface area (Å²) in [7, 11) is -3.78. The predicted molar refractivity (Wildman–Crippen MR) is 81.0 cm³/mol. The third-order valence-electron chi connectivity index (χ3n) is 3.20. The molecular weight excluding hydrogens is 291 g/mol. The highest BCUT2D eigenvalue weighted by Gasteiger charge is 2.18. The van der Waals surface area contributed by atoms with Crippen molar-refractivity contribution in [3.63, 3.8) is 0 Å². The van der Waals surface area contributed by atoms with Crippen molar-refractivity contribution in [3.8, 4) is 0 Å². The van der Waals surface area contributed by atoms with E-state index in [1.807, 2.05) is 0 Å². The topological polar surface area (TPSA) is 72.2 Å². The van der Waals surface area contributed by atoms with Gasteiger partial charge in [0.1, 0.15) is 5.82 Å². The average Bonchev–Trinajstić information content (AvgIpc) is 2.36. The average molecular weight is 308 g/mol. The van der Waals surface area contributed by atoms with Gasteiger partial charge < -0.3 is 5.73 Å². The molecule has 0 saturated carbocycles. The number of nitrogens with one attached hydrogen (secondary N) is 1. The van der Waals surface area contributed by atoms with Gasteiger partial charge in [0, 0.05) is 6.54 Å². The van der Waals surface area contributed by atoms with Gasteiger partial charge in [0.25, 0.3) is 10.0 Å². The number of aryl methyl sites for hydroxylation is 1. The normalized spacial score (nSPS) is 11.4. The Morgan fingerprint density at radius 3 is 2.52 bits per heavy atom. The van der Waals surface area contributed by atoms with Crippen LogP contribution in [0.5, 0.6) is 0 Å². The van der Waals surface area contributed by atoms with Crippen LogP contribution in [-0.4, -0.2) is 8.42 Å². The predicted octanol–water partition coefficient (Wildman–Crippen LogP) is 2.70. The second-order valence-corrected chi connectivity index (χ2v) is 6.52. The molecule has 4 nitrogen and oxygen atoms in total. The van der Waals surface area contributed by atoms with E-state index >= 15 is 0 Å². The minimum atomic E-state index is -3.78. The number of nitrogens with two attached hydrogens (primary N) is 1. The summed E-state index contributed by atoms with van der Waals surface area (Å²) in [6, 6.07) is 8.97. The van der Waals surface area contributed by atoms with Crippen molar-refractivity contribution < 1.29 is 12.8 Å². The summed E-state index contributed by atoms with van der Waals surface area (Å²) in [6.45, 7) is 3.66. The van der Waals surface area contributed by atoms with E-state index in [9.17, 15) is 12.8 Å². The molecule has 0 aliphatic rings. The van der Waals surface area contributed by atoms with E-state index in [2.05, 4.69) is 4.72 Å². The monoisotopic (exact) mass is 308 g/mol. The van der Waals surface area contributed by atoms with E-state index in [4.69, 9.17) is 5.73 Å². The van der Waals surface area contributed by atoms with Gasteiger partial charge in [0.2, 0.25) is 0 Å². The molecule has 3 N–H and O–H groups in total. The molecule has 2 aromatic carbocycles. The zero-order valence-corrected chi connectivity index (χ0v) is 12.7. The van der Waals surface area contributed by atoms with Crippen molar-refractivity contribution >= 4 is 15.7 Å². The van der Waals surface area contributed by atoms with Crippen LogP contribution in [0, 0.1) is 19.7 Å². The fourth-order valence-electron chi connectivity index (χ4n) is 2.18. The minimum absolute atomic E-state index is 0.146. The lowest BCUT2D eigenvalue weighted by Crippen LogP contribution is -2.15. The third-order valence-corrected chi connectivity index (χ3v) is 4.73. The zero-order valence-electron chi connectivity index (χ0n) is 11.9.